The molecule has 0 spiro atoms. The Morgan fingerprint density at radius 3 is 2.71 bits per heavy atom. The molecule has 6 heteroatoms. The van der Waals surface area contributed by atoms with Crippen molar-refractivity contribution in [3.05, 3.63) is 19.5 Å². The molecule has 0 atom stereocenters. The maximum absolute atomic E-state index is 11.1. The summed E-state index contributed by atoms with van der Waals surface area (Å²) in [5, 5.41) is 15.6. The zero-order valence-corrected chi connectivity index (χ0v) is 8.14. The summed E-state index contributed by atoms with van der Waals surface area (Å²) in [5.74, 6) is -1.16. The monoisotopic (exact) mass is 212 g/mol. The van der Waals surface area contributed by atoms with E-state index in [0.29, 0.717) is 10.4 Å². The zero-order chi connectivity index (χ0) is 10.7. The van der Waals surface area contributed by atoms with Crippen molar-refractivity contribution in [2.75, 3.05) is 0 Å². The van der Waals surface area contributed by atoms with Crippen molar-refractivity contribution in [3.8, 4) is 0 Å². The molecule has 1 heterocycles. The molecule has 1 rings (SSSR count). The Morgan fingerprint density at radius 1 is 1.57 bits per heavy atom. The number of aliphatic carboxylic acids is 1. The van der Waals surface area contributed by atoms with Crippen LogP contribution in [-0.4, -0.2) is 21.8 Å². The molecule has 1 aromatic heterocycles. The Hall–Kier alpha value is -1.69. The predicted molar refractivity (Wildman–Crippen MR) is 54.2 cm³/mol. The first-order valence-electron chi connectivity index (χ1n) is 3.69. The van der Waals surface area contributed by atoms with Crippen LogP contribution in [0.15, 0.2) is 4.79 Å². The van der Waals surface area contributed by atoms with Crippen LogP contribution in [0.2, 0.25) is 0 Å². The third-order valence-electron chi connectivity index (χ3n) is 1.28. The molecule has 0 saturated heterocycles. The minimum Gasteiger partial charge on any atom is -0.478 e. The molecule has 0 bridgehead atoms. The van der Waals surface area contributed by atoms with Crippen molar-refractivity contribution in [2.45, 2.75) is 6.92 Å². The minimum absolute atomic E-state index is 0.130. The van der Waals surface area contributed by atoms with Gasteiger partial charge in [-0.05, 0) is 13.0 Å². The van der Waals surface area contributed by atoms with E-state index in [-0.39, 0.29) is 4.53 Å². The first-order chi connectivity index (χ1) is 6.49. The van der Waals surface area contributed by atoms with Crippen LogP contribution in [0.5, 0.6) is 0 Å². The Balaban J connectivity index is 3.40. The summed E-state index contributed by atoms with van der Waals surface area (Å²) >= 11 is 1.02. The summed E-state index contributed by atoms with van der Waals surface area (Å²) < 4.78 is 0.611. The van der Waals surface area contributed by atoms with Gasteiger partial charge < -0.3 is 15.5 Å². The van der Waals surface area contributed by atoms with Gasteiger partial charge in [0.05, 0.1) is 4.66 Å². The number of hydrogen-bond acceptors (Lipinski definition) is 4. The zero-order valence-electron chi connectivity index (χ0n) is 7.33. The molecule has 0 amide bonds. The van der Waals surface area contributed by atoms with Crippen molar-refractivity contribution in [1.82, 2.24) is 4.98 Å². The second-order valence-corrected chi connectivity index (χ2v) is 3.68. The average Bonchev–Trinajstić information content (AvgIpc) is 2.28. The SMILES string of the molecule is CC(=N)/C=c1\[nH]c(=O)/c(=C/C(=O)O)s1. The highest BCUT2D eigenvalue weighted by Crippen LogP contribution is 1.74. The molecule has 5 nitrogen and oxygen atoms in total. The van der Waals surface area contributed by atoms with Crippen molar-refractivity contribution in [3.63, 3.8) is 0 Å². The van der Waals surface area contributed by atoms with Crippen LogP contribution in [-0.2, 0) is 4.79 Å². The largest absolute Gasteiger partial charge is 0.478 e. The molecule has 74 valence electrons. The van der Waals surface area contributed by atoms with Gasteiger partial charge in [-0.25, -0.2) is 4.79 Å². The van der Waals surface area contributed by atoms with E-state index in [0.717, 1.165) is 17.4 Å². The molecular formula is C8H8N2O3S. The van der Waals surface area contributed by atoms with Crippen LogP contribution in [0.25, 0.3) is 12.2 Å². The van der Waals surface area contributed by atoms with E-state index >= 15 is 0 Å². The van der Waals surface area contributed by atoms with Crippen LogP contribution in [0, 0.1) is 5.41 Å². The molecule has 3 N–H and O–H groups in total. The Kier molecular flexibility index (Phi) is 2.98. The van der Waals surface area contributed by atoms with Gasteiger partial charge in [-0.2, -0.15) is 0 Å². The summed E-state index contributed by atoms with van der Waals surface area (Å²) in [5.41, 5.74) is -0.144. The number of thiazole rings is 1. The standard InChI is InChI=1S/C8H8N2O3S/c1-4(9)2-6-10-8(13)5(14-6)3-7(11)12/h2-3,9H,1H3,(H,10,13)(H,11,12)/b5-3-,6-2+,9-4?. The fraction of sp³-hybridized carbons (Fsp3) is 0.125. The maximum atomic E-state index is 11.1. The van der Waals surface area contributed by atoms with E-state index in [1.165, 1.54) is 6.08 Å². The summed E-state index contributed by atoms with van der Waals surface area (Å²) in [7, 11) is 0. The molecule has 0 aliphatic heterocycles. The van der Waals surface area contributed by atoms with Gasteiger partial charge in [-0.3, -0.25) is 4.79 Å². The molecular weight excluding hydrogens is 204 g/mol. The van der Waals surface area contributed by atoms with E-state index in [1.54, 1.807) is 6.92 Å². The molecule has 14 heavy (non-hydrogen) atoms. The van der Waals surface area contributed by atoms with Gasteiger partial charge in [0.25, 0.3) is 5.56 Å². The molecule has 1 aromatic rings. The fourth-order valence-electron chi connectivity index (χ4n) is 0.833. The summed E-state index contributed by atoms with van der Waals surface area (Å²) in [6, 6.07) is 0. The number of H-pyrrole nitrogens is 1. The molecule has 0 aliphatic rings. The highest BCUT2D eigenvalue weighted by Gasteiger charge is 1.96. The van der Waals surface area contributed by atoms with Crippen LogP contribution in [0.4, 0.5) is 0 Å². The second-order valence-electron chi connectivity index (χ2n) is 2.59. The smallest absolute Gasteiger partial charge is 0.329 e. The van der Waals surface area contributed by atoms with Crippen LogP contribution >= 0.6 is 11.3 Å². The normalized spacial score (nSPS) is 13.2. The van der Waals surface area contributed by atoms with Gasteiger partial charge in [0.15, 0.2) is 0 Å². The van der Waals surface area contributed by atoms with Crippen molar-refractivity contribution >= 4 is 35.2 Å². The number of carbonyl (C=O) groups is 1. The predicted octanol–water partition coefficient (Wildman–Crippen LogP) is -0.878. The van der Waals surface area contributed by atoms with E-state index in [9.17, 15) is 9.59 Å². The average molecular weight is 212 g/mol. The Morgan fingerprint density at radius 2 is 2.21 bits per heavy atom. The highest BCUT2D eigenvalue weighted by atomic mass is 32.1. The quantitative estimate of drug-likeness (QED) is 0.556. The lowest BCUT2D eigenvalue weighted by molar-refractivity contribution is -0.129. The van der Waals surface area contributed by atoms with Gasteiger partial charge in [-0.15, -0.1) is 11.3 Å². The van der Waals surface area contributed by atoms with Crippen LogP contribution < -0.4 is 14.8 Å². The lowest BCUT2D eigenvalue weighted by Gasteiger charge is -1.77. The number of nitrogens with one attached hydrogen (secondary N) is 2. The molecule has 0 radical (unpaired) electrons. The molecule has 0 aromatic carbocycles. The minimum atomic E-state index is -1.16. The van der Waals surface area contributed by atoms with Crippen LogP contribution in [0.3, 0.4) is 0 Å². The maximum Gasteiger partial charge on any atom is 0.329 e. The number of carboxylic acid groups (broad SMARTS) is 1. The third kappa shape index (κ3) is 2.67. The number of aromatic nitrogens is 1. The summed E-state index contributed by atoms with van der Waals surface area (Å²) in [6.07, 6.45) is 2.31. The van der Waals surface area contributed by atoms with Crippen LogP contribution in [0.1, 0.15) is 6.92 Å². The molecule has 0 unspecified atom stereocenters. The fourth-order valence-corrected chi connectivity index (χ4v) is 1.75. The summed E-state index contributed by atoms with van der Waals surface area (Å²) in [6.45, 7) is 1.57. The van der Waals surface area contributed by atoms with Gasteiger partial charge in [0.2, 0.25) is 0 Å². The van der Waals surface area contributed by atoms with E-state index in [4.69, 9.17) is 10.5 Å². The van der Waals surface area contributed by atoms with Crippen molar-refractivity contribution in [1.29, 1.82) is 5.41 Å². The number of aromatic amines is 1. The van der Waals surface area contributed by atoms with Crippen molar-refractivity contribution < 1.29 is 9.90 Å². The lowest BCUT2D eigenvalue weighted by atomic mass is 10.4. The van der Waals surface area contributed by atoms with Gasteiger partial charge in [0.1, 0.15) is 4.53 Å². The van der Waals surface area contributed by atoms with E-state index in [1.807, 2.05) is 0 Å². The van der Waals surface area contributed by atoms with Gasteiger partial charge in [0, 0.05) is 11.8 Å². The lowest BCUT2D eigenvalue weighted by Crippen LogP contribution is -2.21. The molecule has 0 saturated carbocycles. The molecule has 0 aliphatic carbocycles. The first kappa shape index (κ1) is 10.4. The number of rotatable bonds is 2. The Labute approximate surface area is 82.5 Å². The van der Waals surface area contributed by atoms with E-state index in [2.05, 4.69) is 4.98 Å². The van der Waals surface area contributed by atoms with Crippen molar-refractivity contribution in [2.24, 2.45) is 0 Å². The second kappa shape index (κ2) is 4.01. The topological polar surface area (TPSA) is 94.0 Å². The first-order valence-corrected chi connectivity index (χ1v) is 4.51. The molecule has 0 fully saturated rings. The highest BCUT2D eigenvalue weighted by molar-refractivity contribution is 7.07. The number of carboxylic acids is 1. The number of hydrogen-bond donors (Lipinski definition) is 3. The van der Waals surface area contributed by atoms with Gasteiger partial charge in [-0.1, -0.05) is 0 Å². The summed E-state index contributed by atoms with van der Waals surface area (Å²) in [4.78, 5) is 23.9. The van der Waals surface area contributed by atoms with Gasteiger partial charge >= 0.3 is 5.97 Å². The van der Waals surface area contributed by atoms with E-state index < -0.39 is 11.5 Å². The Bertz CT molecular complexity index is 538. The third-order valence-corrected chi connectivity index (χ3v) is 2.25.